The topological polar surface area (TPSA) is 104 Å². The second kappa shape index (κ2) is 7.92. The number of nitrogens with zero attached hydrogens (tertiary/aromatic N) is 4. The Balaban J connectivity index is 1.75. The number of fused-ring (bicyclic) bond motifs is 1. The molecular weight excluding hydrogens is 432 g/mol. The molecular formula is C20H20F4N6O2. The number of nitrogens with one attached hydrogen (secondary N) is 1. The third kappa shape index (κ3) is 3.80. The Bertz CT molecular complexity index is 1090. The number of amides is 2. The maximum atomic E-state index is 14.6. The van der Waals surface area contributed by atoms with Crippen LogP contribution in [0, 0.1) is 11.6 Å². The highest BCUT2D eigenvalue weighted by atomic mass is 19.3. The first-order chi connectivity index (χ1) is 15.1. The van der Waals surface area contributed by atoms with Crippen LogP contribution in [0.15, 0.2) is 18.3 Å². The molecule has 1 fully saturated rings. The number of primary amides is 1. The minimum atomic E-state index is -3.63. The highest BCUT2D eigenvalue weighted by Crippen LogP contribution is 2.39. The van der Waals surface area contributed by atoms with Crippen molar-refractivity contribution in [3.8, 4) is 0 Å². The monoisotopic (exact) mass is 452 g/mol. The van der Waals surface area contributed by atoms with Gasteiger partial charge in [-0.05, 0) is 18.9 Å². The Morgan fingerprint density at radius 1 is 1.22 bits per heavy atom. The van der Waals surface area contributed by atoms with Gasteiger partial charge < -0.3 is 20.9 Å². The number of aromatic nitrogens is 2. The Morgan fingerprint density at radius 3 is 2.56 bits per heavy atom. The van der Waals surface area contributed by atoms with Gasteiger partial charge in [-0.3, -0.25) is 9.59 Å². The van der Waals surface area contributed by atoms with E-state index in [4.69, 9.17) is 5.73 Å². The van der Waals surface area contributed by atoms with Gasteiger partial charge in [-0.25, -0.2) is 13.8 Å². The van der Waals surface area contributed by atoms with Crippen LogP contribution in [0.2, 0.25) is 0 Å². The molecule has 0 bridgehead atoms. The summed E-state index contributed by atoms with van der Waals surface area (Å²) >= 11 is 0. The van der Waals surface area contributed by atoms with E-state index in [0.29, 0.717) is 18.9 Å². The van der Waals surface area contributed by atoms with Crippen molar-refractivity contribution in [2.24, 2.45) is 5.73 Å². The molecule has 0 radical (unpaired) electrons. The van der Waals surface area contributed by atoms with E-state index in [1.54, 1.807) is 0 Å². The average molecular weight is 452 g/mol. The molecule has 12 heteroatoms. The van der Waals surface area contributed by atoms with E-state index in [0.717, 1.165) is 23.8 Å². The van der Waals surface area contributed by atoms with Gasteiger partial charge in [0, 0.05) is 19.2 Å². The van der Waals surface area contributed by atoms with Gasteiger partial charge in [0.1, 0.15) is 17.3 Å². The van der Waals surface area contributed by atoms with Gasteiger partial charge in [-0.15, -0.1) is 0 Å². The van der Waals surface area contributed by atoms with Crippen LogP contribution < -0.4 is 20.9 Å². The number of halogens is 4. The lowest BCUT2D eigenvalue weighted by atomic mass is 10.1. The summed E-state index contributed by atoms with van der Waals surface area (Å²) < 4.78 is 57.6. The molecule has 1 aliphatic carbocycles. The maximum absolute atomic E-state index is 14.6. The number of nitrogens with two attached hydrogens (primary N) is 1. The van der Waals surface area contributed by atoms with Gasteiger partial charge in [-0.1, -0.05) is 12.8 Å². The van der Waals surface area contributed by atoms with Gasteiger partial charge in [0.15, 0.2) is 5.82 Å². The fraction of sp³-hybridized carbons (Fsp3) is 0.400. The van der Waals surface area contributed by atoms with Crippen molar-refractivity contribution in [1.29, 1.82) is 0 Å². The van der Waals surface area contributed by atoms with E-state index >= 15 is 0 Å². The van der Waals surface area contributed by atoms with Crippen molar-refractivity contribution >= 4 is 35.0 Å². The average Bonchev–Trinajstić information content (AvgIpc) is 3.25. The summed E-state index contributed by atoms with van der Waals surface area (Å²) in [7, 11) is 1.21. The van der Waals surface area contributed by atoms with E-state index in [2.05, 4.69) is 15.3 Å². The number of rotatable bonds is 4. The van der Waals surface area contributed by atoms with Crippen LogP contribution in [0.25, 0.3) is 0 Å². The second-order valence-corrected chi connectivity index (χ2v) is 7.84. The van der Waals surface area contributed by atoms with Gasteiger partial charge in [-0.2, -0.15) is 13.8 Å². The van der Waals surface area contributed by atoms with Crippen LogP contribution in [-0.2, 0) is 4.79 Å². The number of alkyl halides is 2. The summed E-state index contributed by atoms with van der Waals surface area (Å²) in [6, 6.07) is 1.12. The fourth-order valence-electron chi connectivity index (χ4n) is 4.06. The van der Waals surface area contributed by atoms with Crippen LogP contribution in [0.1, 0.15) is 36.0 Å². The third-order valence-electron chi connectivity index (χ3n) is 5.70. The van der Waals surface area contributed by atoms with Crippen LogP contribution in [0.4, 0.5) is 40.7 Å². The largest absolute Gasteiger partial charge is 0.366 e. The predicted octanol–water partition coefficient (Wildman–Crippen LogP) is 2.96. The Labute approximate surface area is 180 Å². The number of carbonyl (C=O) groups excluding carboxylic acids is 2. The molecule has 4 rings (SSSR count). The van der Waals surface area contributed by atoms with Crippen LogP contribution in [0.5, 0.6) is 0 Å². The van der Waals surface area contributed by atoms with Crippen molar-refractivity contribution in [3.05, 3.63) is 35.5 Å². The molecule has 32 heavy (non-hydrogen) atoms. The summed E-state index contributed by atoms with van der Waals surface area (Å²) in [5.41, 5.74) is 4.10. The van der Waals surface area contributed by atoms with Gasteiger partial charge in [0.2, 0.25) is 5.95 Å². The summed E-state index contributed by atoms with van der Waals surface area (Å²) in [6.45, 7) is -0.847. The zero-order valence-electron chi connectivity index (χ0n) is 17.0. The number of hydrogen-bond donors (Lipinski definition) is 2. The zero-order valence-corrected chi connectivity index (χ0v) is 17.0. The van der Waals surface area contributed by atoms with Gasteiger partial charge >= 0.3 is 5.92 Å². The zero-order chi connectivity index (χ0) is 23.2. The predicted molar refractivity (Wildman–Crippen MR) is 108 cm³/mol. The fourth-order valence-corrected chi connectivity index (χ4v) is 4.06. The molecule has 0 unspecified atom stereocenters. The van der Waals surface area contributed by atoms with E-state index in [1.165, 1.54) is 18.1 Å². The molecule has 0 atom stereocenters. The first kappa shape index (κ1) is 21.8. The molecule has 0 saturated heterocycles. The molecule has 2 aromatic rings. The molecule has 1 aliphatic heterocycles. The molecule has 0 spiro atoms. The second-order valence-electron chi connectivity index (χ2n) is 7.84. The summed E-state index contributed by atoms with van der Waals surface area (Å²) in [5.74, 6) is -8.27. The molecule has 170 valence electrons. The number of hydrogen-bond acceptors (Lipinski definition) is 6. The number of anilines is 4. The SMILES string of the molecule is CN1C(=O)C(F)(F)CN(C2CCCC2)c2nc(Nc3cc(F)c(C(N)=O)cc3F)ncc21. The van der Waals surface area contributed by atoms with E-state index in [-0.39, 0.29) is 29.2 Å². The van der Waals surface area contributed by atoms with Gasteiger partial charge in [0.25, 0.3) is 11.8 Å². The molecule has 2 heterocycles. The maximum Gasteiger partial charge on any atom is 0.342 e. The molecule has 3 N–H and O–H groups in total. The minimum absolute atomic E-state index is 0.0837. The lowest BCUT2D eigenvalue weighted by Gasteiger charge is -2.31. The van der Waals surface area contributed by atoms with Crippen LogP contribution in [-0.4, -0.2) is 47.3 Å². The first-order valence-corrected chi connectivity index (χ1v) is 9.94. The smallest absolute Gasteiger partial charge is 0.342 e. The summed E-state index contributed by atoms with van der Waals surface area (Å²) in [6.07, 6.45) is 4.22. The molecule has 1 aromatic carbocycles. The van der Waals surface area contributed by atoms with E-state index < -0.39 is 41.5 Å². The van der Waals surface area contributed by atoms with Gasteiger partial charge in [0.05, 0.1) is 24.0 Å². The summed E-state index contributed by atoms with van der Waals surface area (Å²) in [4.78, 5) is 33.9. The lowest BCUT2D eigenvalue weighted by Crippen LogP contribution is -2.48. The van der Waals surface area contributed by atoms with Crippen molar-refractivity contribution in [1.82, 2.24) is 9.97 Å². The Hall–Kier alpha value is -3.44. The van der Waals surface area contributed by atoms with E-state index in [1.807, 2.05) is 0 Å². The van der Waals surface area contributed by atoms with E-state index in [9.17, 15) is 27.2 Å². The highest BCUT2D eigenvalue weighted by molar-refractivity contribution is 6.02. The standard InChI is InChI=1S/C20H20F4N6O2/c1-29-15-8-26-19(27-14-7-12(21)11(16(25)31)6-13(14)22)28-17(15)30(10-4-2-3-5-10)9-20(23,24)18(29)32/h6-8,10H,2-5,9H2,1H3,(H2,25,31)(H,26,27,28). The molecule has 2 aliphatic rings. The highest BCUT2D eigenvalue weighted by Gasteiger charge is 2.48. The summed E-state index contributed by atoms with van der Waals surface area (Å²) in [5, 5.41) is 2.50. The van der Waals surface area contributed by atoms with Crippen LogP contribution >= 0.6 is 0 Å². The number of carbonyl (C=O) groups is 2. The molecule has 2 amide bonds. The van der Waals surface area contributed by atoms with Crippen molar-refractivity contribution < 1.29 is 27.2 Å². The van der Waals surface area contributed by atoms with Crippen LogP contribution in [0.3, 0.4) is 0 Å². The Kier molecular flexibility index (Phi) is 5.39. The Morgan fingerprint density at radius 2 is 1.91 bits per heavy atom. The van der Waals surface area contributed by atoms with Crippen molar-refractivity contribution in [3.63, 3.8) is 0 Å². The van der Waals surface area contributed by atoms with Crippen molar-refractivity contribution in [2.45, 2.75) is 37.6 Å². The molecule has 1 aromatic heterocycles. The molecule has 8 nitrogen and oxygen atoms in total. The molecule has 1 saturated carbocycles. The lowest BCUT2D eigenvalue weighted by molar-refractivity contribution is -0.140. The number of benzene rings is 1. The normalized spacial score (nSPS) is 18.5. The van der Waals surface area contributed by atoms with Crippen molar-refractivity contribution in [2.75, 3.05) is 28.7 Å². The third-order valence-corrected chi connectivity index (χ3v) is 5.70. The first-order valence-electron chi connectivity index (χ1n) is 9.94. The quantitative estimate of drug-likeness (QED) is 0.692. The minimum Gasteiger partial charge on any atom is -0.366 e.